The zero-order valence-corrected chi connectivity index (χ0v) is 21.6. The first-order chi connectivity index (χ1) is 19.2. The number of piperidine rings is 1. The van der Waals surface area contributed by atoms with E-state index in [4.69, 9.17) is 5.10 Å². The lowest BCUT2D eigenvalue weighted by atomic mass is 9.77. The van der Waals surface area contributed by atoms with Crippen molar-refractivity contribution in [3.05, 3.63) is 160 Å². The molecule has 6 heteroatoms. The normalized spacial score (nSPS) is 14.3. The van der Waals surface area contributed by atoms with Gasteiger partial charge in [-0.3, -0.25) is 14.8 Å². The number of benzene rings is 4. The minimum atomic E-state index is -0.626. The molecule has 0 radical (unpaired) electrons. The monoisotopic (exact) mass is 514 g/mol. The summed E-state index contributed by atoms with van der Waals surface area (Å²) in [6.07, 6.45) is 6.14. The fraction of sp³-hybridized carbons (Fsp3) is 0.182. The van der Waals surface area contributed by atoms with Gasteiger partial charge in [0, 0.05) is 25.2 Å². The molecule has 1 aliphatic heterocycles. The van der Waals surface area contributed by atoms with Gasteiger partial charge in [-0.25, -0.2) is 0 Å². The number of nitro groups is 1. The van der Waals surface area contributed by atoms with Crippen molar-refractivity contribution in [2.75, 3.05) is 18.0 Å². The molecule has 194 valence electrons. The van der Waals surface area contributed by atoms with E-state index >= 15 is 0 Å². The van der Waals surface area contributed by atoms with E-state index in [9.17, 15) is 10.1 Å². The molecular formula is C33H30N4O2. The Kier molecular flexibility index (Phi) is 6.68. The van der Waals surface area contributed by atoms with Crippen LogP contribution in [0.4, 0.5) is 11.4 Å². The first kappa shape index (κ1) is 24.6. The van der Waals surface area contributed by atoms with Crippen molar-refractivity contribution < 1.29 is 4.92 Å². The van der Waals surface area contributed by atoms with Gasteiger partial charge in [-0.15, -0.1) is 0 Å². The molecule has 0 saturated carbocycles. The van der Waals surface area contributed by atoms with Gasteiger partial charge in [-0.05, 0) is 41.0 Å². The highest BCUT2D eigenvalue weighted by atomic mass is 16.6. The van der Waals surface area contributed by atoms with Crippen LogP contribution in [0, 0.1) is 10.1 Å². The van der Waals surface area contributed by atoms with E-state index in [0.29, 0.717) is 5.92 Å². The molecule has 0 atom stereocenters. The lowest BCUT2D eigenvalue weighted by Crippen LogP contribution is -2.38. The highest BCUT2D eigenvalue weighted by molar-refractivity contribution is 5.52. The Balaban J connectivity index is 1.34. The Bertz CT molecular complexity index is 1430. The molecule has 1 saturated heterocycles. The Morgan fingerprint density at radius 3 is 1.67 bits per heavy atom. The maximum Gasteiger partial charge on any atom is 0.269 e. The van der Waals surface area contributed by atoms with Crippen LogP contribution in [-0.2, 0) is 5.54 Å². The molecule has 0 bridgehead atoms. The zero-order chi connectivity index (χ0) is 26.7. The van der Waals surface area contributed by atoms with E-state index in [1.807, 2.05) is 36.5 Å². The second-order valence-corrected chi connectivity index (χ2v) is 10.1. The largest absolute Gasteiger partial charge is 0.369 e. The third-order valence-electron chi connectivity index (χ3n) is 7.92. The molecule has 0 N–H and O–H groups in total. The number of nitrogens with zero attached hydrogens (tertiary/aromatic N) is 4. The molecule has 39 heavy (non-hydrogen) atoms. The fourth-order valence-electron chi connectivity index (χ4n) is 5.93. The van der Waals surface area contributed by atoms with Gasteiger partial charge >= 0.3 is 0 Å². The van der Waals surface area contributed by atoms with Gasteiger partial charge in [0.15, 0.2) is 0 Å². The molecular weight excluding hydrogens is 484 g/mol. The second kappa shape index (κ2) is 10.6. The quantitative estimate of drug-likeness (QED) is 0.133. The standard InChI is InChI=1S/C33H30N4O2/c38-37(39)31-18-16-26(17-19-31)27-20-22-35(23-21-27)32-24-34-36(25-32)33(28-10-4-1-5-11-28,29-12-6-2-7-13-29)30-14-8-3-9-15-30/h1-19,24-25,27H,20-23H2. The Morgan fingerprint density at radius 1 is 0.718 bits per heavy atom. The lowest BCUT2D eigenvalue weighted by molar-refractivity contribution is -0.384. The average molecular weight is 515 g/mol. The Labute approximate surface area is 228 Å². The summed E-state index contributed by atoms with van der Waals surface area (Å²) in [6, 6.07) is 38.8. The molecule has 2 heterocycles. The van der Waals surface area contributed by atoms with Gasteiger partial charge in [0.25, 0.3) is 5.69 Å². The van der Waals surface area contributed by atoms with Crippen LogP contribution in [0.5, 0.6) is 0 Å². The van der Waals surface area contributed by atoms with Crippen molar-refractivity contribution in [2.45, 2.75) is 24.3 Å². The Morgan fingerprint density at radius 2 is 1.21 bits per heavy atom. The highest BCUT2D eigenvalue weighted by Crippen LogP contribution is 2.41. The van der Waals surface area contributed by atoms with Crippen LogP contribution in [0.3, 0.4) is 0 Å². The molecule has 0 spiro atoms. The number of nitro benzene ring substituents is 1. The highest BCUT2D eigenvalue weighted by Gasteiger charge is 2.39. The van der Waals surface area contributed by atoms with E-state index in [0.717, 1.165) is 48.3 Å². The lowest BCUT2D eigenvalue weighted by Gasteiger charge is -2.36. The minimum absolute atomic E-state index is 0.141. The molecule has 1 aliphatic rings. The van der Waals surface area contributed by atoms with Gasteiger partial charge in [-0.2, -0.15) is 5.10 Å². The van der Waals surface area contributed by atoms with Crippen LogP contribution in [0.25, 0.3) is 0 Å². The Hall–Kier alpha value is -4.71. The van der Waals surface area contributed by atoms with Crippen LogP contribution >= 0.6 is 0 Å². The predicted molar refractivity (Wildman–Crippen MR) is 154 cm³/mol. The third kappa shape index (κ3) is 4.59. The summed E-state index contributed by atoms with van der Waals surface area (Å²) in [6.45, 7) is 1.81. The van der Waals surface area contributed by atoms with Crippen molar-refractivity contribution in [1.29, 1.82) is 0 Å². The first-order valence-corrected chi connectivity index (χ1v) is 13.4. The average Bonchev–Trinajstić information content (AvgIpc) is 3.50. The number of rotatable bonds is 7. The van der Waals surface area contributed by atoms with Crippen LogP contribution in [-0.4, -0.2) is 27.8 Å². The summed E-state index contributed by atoms with van der Waals surface area (Å²) in [4.78, 5) is 13.1. The van der Waals surface area contributed by atoms with Gasteiger partial charge in [0.05, 0.1) is 23.0 Å². The van der Waals surface area contributed by atoms with E-state index in [1.165, 1.54) is 5.56 Å². The molecule has 6 nitrogen and oxygen atoms in total. The van der Waals surface area contributed by atoms with Gasteiger partial charge < -0.3 is 4.90 Å². The van der Waals surface area contributed by atoms with Gasteiger partial charge in [-0.1, -0.05) is 103 Å². The van der Waals surface area contributed by atoms with Crippen molar-refractivity contribution in [3.63, 3.8) is 0 Å². The summed E-state index contributed by atoms with van der Waals surface area (Å²) >= 11 is 0. The van der Waals surface area contributed by atoms with Crippen molar-refractivity contribution in [1.82, 2.24) is 9.78 Å². The molecule has 6 rings (SSSR count). The van der Waals surface area contributed by atoms with Gasteiger partial charge in [0.2, 0.25) is 0 Å². The number of aromatic nitrogens is 2. The second-order valence-electron chi connectivity index (χ2n) is 10.1. The summed E-state index contributed by atoms with van der Waals surface area (Å²) in [7, 11) is 0. The van der Waals surface area contributed by atoms with Crippen LogP contribution in [0.2, 0.25) is 0 Å². The summed E-state index contributed by atoms with van der Waals surface area (Å²) in [5.74, 6) is 0.397. The predicted octanol–water partition coefficient (Wildman–Crippen LogP) is 7.02. The first-order valence-electron chi connectivity index (χ1n) is 13.4. The smallest absolute Gasteiger partial charge is 0.269 e. The molecule has 1 aromatic heterocycles. The summed E-state index contributed by atoms with van der Waals surface area (Å²) < 4.78 is 2.12. The van der Waals surface area contributed by atoms with Crippen molar-refractivity contribution in [3.8, 4) is 0 Å². The number of non-ortho nitro benzene ring substituents is 1. The van der Waals surface area contributed by atoms with Crippen LogP contribution < -0.4 is 4.90 Å². The minimum Gasteiger partial charge on any atom is -0.369 e. The fourth-order valence-corrected chi connectivity index (χ4v) is 5.93. The molecule has 0 unspecified atom stereocenters. The summed E-state index contributed by atoms with van der Waals surface area (Å²) in [5, 5.41) is 16.0. The van der Waals surface area contributed by atoms with E-state index < -0.39 is 5.54 Å². The van der Waals surface area contributed by atoms with E-state index in [1.54, 1.807) is 12.1 Å². The maximum atomic E-state index is 11.0. The SMILES string of the molecule is O=[N+]([O-])c1ccc(C2CCN(c3cnn(C(c4ccccc4)(c4ccccc4)c4ccccc4)c3)CC2)cc1. The van der Waals surface area contributed by atoms with Crippen molar-refractivity contribution in [2.24, 2.45) is 0 Å². The van der Waals surface area contributed by atoms with E-state index in [-0.39, 0.29) is 10.6 Å². The van der Waals surface area contributed by atoms with Crippen LogP contribution in [0.1, 0.15) is 41.0 Å². The molecule has 0 amide bonds. The topological polar surface area (TPSA) is 64.2 Å². The molecule has 5 aromatic rings. The summed E-state index contributed by atoms with van der Waals surface area (Å²) in [5.41, 5.74) is 5.23. The number of hydrogen-bond donors (Lipinski definition) is 0. The van der Waals surface area contributed by atoms with E-state index in [2.05, 4.69) is 88.6 Å². The zero-order valence-electron chi connectivity index (χ0n) is 21.6. The van der Waals surface area contributed by atoms with Crippen LogP contribution in [0.15, 0.2) is 128 Å². The molecule has 0 aliphatic carbocycles. The molecule has 4 aromatic carbocycles. The third-order valence-corrected chi connectivity index (χ3v) is 7.92. The number of hydrogen-bond acceptors (Lipinski definition) is 4. The maximum absolute atomic E-state index is 11.0. The number of anilines is 1. The van der Waals surface area contributed by atoms with Gasteiger partial charge in [0.1, 0.15) is 5.54 Å². The van der Waals surface area contributed by atoms with Crippen molar-refractivity contribution >= 4 is 11.4 Å². The molecule has 1 fully saturated rings.